The number of hydrogen-bond acceptors (Lipinski definition) is 3. The number of nitrogens with two attached hydrogens (primary N) is 1. The van der Waals surface area contributed by atoms with Crippen molar-refractivity contribution in [2.24, 2.45) is 8.94 Å². The van der Waals surface area contributed by atoms with Gasteiger partial charge in [-0.1, -0.05) is 0 Å². The van der Waals surface area contributed by atoms with Crippen LogP contribution in [-0.4, -0.2) is 13.4 Å². The molecule has 0 aromatic heterocycles. The predicted molar refractivity (Wildman–Crippen MR) is 24.9 cm³/mol. The summed E-state index contributed by atoms with van der Waals surface area (Å²) in [7, 11) is 1.80. The molecule has 0 aliphatic heterocycles. The van der Waals surface area contributed by atoms with Crippen molar-refractivity contribution in [1.29, 1.82) is 0 Å². The molecule has 0 aromatic carbocycles. The zero-order valence-corrected chi connectivity index (χ0v) is 6.14. The number of halogens is 1. The molecule has 4 N–H and O–H groups in total. The Labute approximate surface area is 53.5 Å². The number of hydrazine groups is 1. The number of nitrogens with one attached hydrogen (secondary N) is 2. The second kappa shape index (κ2) is 6.12. The van der Waals surface area contributed by atoms with Crippen LogP contribution in [0, 0.1) is 0 Å². The summed E-state index contributed by atoms with van der Waals surface area (Å²) in [5, 5.41) is 0. The van der Waals surface area contributed by atoms with Gasteiger partial charge < -0.3 is 0 Å². The first kappa shape index (κ1) is 7.12. The van der Waals surface area contributed by atoms with E-state index in [4.69, 9.17) is 5.73 Å². The summed E-state index contributed by atoms with van der Waals surface area (Å²) in [6.07, 6.45) is 1.30. The molecule has 0 amide bonds. The molecule has 0 rings (SSSR count). The molecular weight excluding hydrogens is 207 g/mol. The van der Waals surface area contributed by atoms with E-state index in [9.17, 15) is 0 Å². The van der Waals surface area contributed by atoms with E-state index in [0.29, 0.717) is 0 Å². The van der Waals surface area contributed by atoms with E-state index >= 15 is 0 Å². The molecule has 0 spiro atoms. The van der Waals surface area contributed by atoms with Gasteiger partial charge in [0.05, 0.1) is 0 Å². The van der Waals surface area contributed by atoms with Gasteiger partial charge in [-0.05, 0) is 0 Å². The normalized spacial score (nSPS) is 11.0. The van der Waals surface area contributed by atoms with E-state index in [2.05, 4.69) is 12.3 Å². The van der Waals surface area contributed by atoms with Crippen molar-refractivity contribution in [3.05, 3.63) is 0 Å². The van der Waals surface area contributed by atoms with Gasteiger partial charge in [0.2, 0.25) is 0 Å². The van der Waals surface area contributed by atoms with Crippen LogP contribution in [0.4, 0.5) is 0 Å². The van der Waals surface area contributed by atoms with Crippen LogP contribution < -0.4 is 36.6 Å². The molecule has 0 aliphatic rings. The predicted octanol–water partition coefficient (Wildman–Crippen LogP) is -4.38. The minimum atomic E-state index is -0.292. The van der Waals surface area contributed by atoms with Crippen LogP contribution in [0.3, 0.4) is 0 Å². The Bertz CT molecular complexity index is 53.7. The van der Waals surface area contributed by atoms with Gasteiger partial charge in [0.1, 0.15) is 0 Å². The molecule has 5 heteroatoms. The standard InChI is InChI=1S/C2H8IN4/c1-5-7-3-6-2-4/h2,5,7H,1H3,(H2,4,6)/q-1. The molecule has 0 aliphatic carbocycles. The van der Waals surface area contributed by atoms with Crippen LogP contribution in [-0.2, 0) is 0 Å². The van der Waals surface area contributed by atoms with E-state index in [1.165, 1.54) is 6.34 Å². The Morgan fingerprint density at radius 3 is 3.00 bits per heavy atom. The molecule has 4 nitrogen and oxygen atoms in total. The van der Waals surface area contributed by atoms with E-state index in [1.54, 1.807) is 7.05 Å². The molecule has 0 aromatic rings. The third-order valence-electron chi connectivity index (χ3n) is 0.242. The molecule has 0 saturated heterocycles. The van der Waals surface area contributed by atoms with Crippen molar-refractivity contribution in [3.8, 4) is 0 Å². The van der Waals surface area contributed by atoms with Crippen LogP contribution in [0.1, 0.15) is 0 Å². The van der Waals surface area contributed by atoms with E-state index in [-0.39, 0.29) is 21.8 Å². The van der Waals surface area contributed by atoms with Crippen molar-refractivity contribution < 1.29 is 21.8 Å². The minimum absolute atomic E-state index is 0.292. The third-order valence-corrected chi connectivity index (χ3v) is 1.62. The van der Waals surface area contributed by atoms with Gasteiger partial charge in [-0.25, -0.2) is 0 Å². The first-order chi connectivity index (χ1) is 3.41. The maximum atomic E-state index is 4.94. The second-order valence-electron chi connectivity index (χ2n) is 0.676. The summed E-state index contributed by atoms with van der Waals surface area (Å²) in [5.41, 5.74) is 7.67. The molecule has 0 radical (unpaired) electrons. The molecular formula is C2H8IN4-. The van der Waals surface area contributed by atoms with Gasteiger partial charge >= 0.3 is 53.1 Å². The van der Waals surface area contributed by atoms with Crippen molar-refractivity contribution >= 4 is 6.34 Å². The Kier molecular flexibility index (Phi) is 6.22. The number of hydrogen-bond donors (Lipinski definition) is 3. The fourth-order valence-electron chi connectivity index (χ4n) is 0.0948. The van der Waals surface area contributed by atoms with Gasteiger partial charge in [0, 0.05) is 0 Å². The molecule has 44 valence electrons. The summed E-state index contributed by atoms with van der Waals surface area (Å²) in [4.78, 5) is 0. The average molecular weight is 215 g/mol. The monoisotopic (exact) mass is 215 g/mol. The van der Waals surface area contributed by atoms with Crippen molar-refractivity contribution in [2.75, 3.05) is 7.05 Å². The maximum absolute atomic E-state index is 4.94. The van der Waals surface area contributed by atoms with Crippen LogP contribution in [0.5, 0.6) is 0 Å². The molecule has 0 fully saturated rings. The fourth-order valence-corrected chi connectivity index (χ4v) is 0.636. The molecule has 0 unspecified atom stereocenters. The molecule has 0 heterocycles. The van der Waals surface area contributed by atoms with Crippen LogP contribution >= 0.6 is 0 Å². The number of rotatable bonds is 3. The van der Waals surface area contributed by atoms with Gasteiger partial charge in [-0.15, -0.1) is 0 Å². The fraction of sp³-hybridized carbons (Fsp3) is 0.500. The van der Waals surface area contributed by atoms with Crippen molar-refractivity contribution in [1.82, 2.24) is 9.06 Å². The van der Waals surface area contributed by atoms with E-state index in [0.717, 1.165) is 0 Å². The third kappa shape index (κ3) is 6.12. The Hall–Kier alpha value is 0.120. The Balaban J connectivity index is 2.69. The van der Waals surface area contributed by atoms with Crippen molar-refractivity contribution in [3.63, 3.8) is 0 Å². The van der Waals surface area contributed by atoms with E-state index < -0.39 is 0 Å². The first-order valence-corrected chi connectivity index (χ1v) is 3.74. The molecule has 0 atom stereocenters. The summed E-state index contributed by atoms with van der Waals surface area (Å²) >= 11 is -0.292. The van der Waals surface area contributed by atoms with Gasteiger partial charge in [-0.3, -0.25) is 0 Å². The van der Waals surface area contributed by atoms with Crippen LogP contribution in [0.2, 0.25) is 0 Å². The second-order valence-corrected chi connectivity index (χ2v) is 2.25. The summed E-state index contributed by atoms with van der Waals surface area (Å²) in [6, 6.07) is 0. The molecule has 0 saturated carbocycles. The summed E-state index contributed by atoms with van der Waals surface area (Å²) in [6.45, 7) is 0. The van der Waals surface area contributed by atoms with Crippen LogP contribution in [0.15, 0.2) is 3.21 Å². The van der Waals surface area contributed by atoms with Gasteiger partial charge in [0.15, 0.2) is 0 Å². The van der Waals surface area contributed by atoms with E-state index in [1.807, 2.05) is 0 Å². The first-order valence-electron chi connectivity index (χ1n) is 1.70. The number of nitrogens with zero attached hydrogens (tertiary/aromatic N) is 1. The zero-order chi connectivity index (χ0) is 5.54. The van der Waals surface area contributed by atoms with Gasteiger partial charge in [-0.2, -0.15) is 0 Å². The van der Waals surface area contributed by atoms with Gasteiger partial charge in [0.25, 0.3) is 0 Å². The summed E-state index contributed by atoms with van der Waals surface area (Å²) < 4.78 is 6.58. The average Bonchev–Trinajstić information content (AvgIpc) is 1.69. The summed E-state index contributed by atoms with van der Waals surface area (Å²) in [5.74, 6) is 0. The molecule has 7 heavy (non-hydrogen) atoms. The quantitative estimate of drug-likeness (QED) is 0.111. The zero-order valence-electron chi connectivity index (χ0n) is 3.98. The van der Waals surface area contributed by atoms with Crippen LogP contribution in [0.25, 0.3) is 0 Å². The Morgan fingerprint density at radius 1 is 1.86 bits per heavy atom. The molecule has 0 bridgehead atoms. The SMILES string of the molecule is CNN[I-]N=CN. The van der Waals surface area contributed by atoms with Crippen molar-refractivity contribution in [2.45, 2.75) is 0 Å². The Morgan fingerprint density at radius 2 is 2.57 bits per heavy atom. The topological polar surface area (TPSA) is 62.4 Å².